The number of rotatable bonds is 3. The Kier molecular flexibility index (Phi) is 3.08. The number of nitrogen functional groups attached to an aromatic ring is 1. The summed E-state index contributed by atoms with van der Waals surface area (Å²) in [6.45, 7) is 2.97. The Morgan fingerprint density at radius 1 is 1.62 bits per heavy atom. The number of hydrogen-bond acceptors (Lipinski definition) is 3. The molecule has 86 valence electrons. The van der Waals surface area contributed by atoms with E-state index in [1.54, 1.807) is 18.3 Å². The van der Waals surface area contributed by atoms with Crippen LogP contribution in [0, 0.1) is 11.8 Å². The van der Waals surface area contributed by atoms with Crippen molar-refractivity contribution in [2.45, 2.75) is 19.8 Å². The van der Waals surface area contributed by atoms with Gasteiger partial charge in [0.25, 0.3) is 5.91 Å². The van der Waals surface area contributed by atoms with Crippen molar-refractivity contribution in [2.75, 3.05) is 12.3 Å². The smallest absolute Gasteiger partial charge is 0.272 e. The van der Waals surface area contributed by atoms with E-state index in [9.17, 15) is 4.79 Å². The third kappa shape index (κ3) is 2.32. The van der Waals surface area contributed by atoms with Crippen LogP contribution in [0.5, 0.6) is 0 Å². The van der Waals surface area contributed by atoms with Gasteiger partial charge in [0.2, 0.25) is 0 Å². The molecule has 0 atom stereocenters. The van der Waals surface area contributed by atoms with Crippen LogP contribution >= 0.6 is 0 Å². The number of nitrogens with two attached hydrogens (primary N) is 1. The number of aromatic nitrogens is 1. The fraction of sp³-hybridized carbons (Fsp3) is 0.500. The summed E-state index contributed by atoms with van der Waals surface area (Å²) in [5.41, 5.74) is 6.43. The SMILES string of the molecule is CC1CC(CNC(=O)c2ncccc2N)C1. The molecule has 0 saturated heterocycles. The first-order valence-corrected chi connectivity index (χ1v) is 5.65. The molecule has 4 heteroatoms. The third-order valence-corrected chi connectivity index (χ3v) is 3.08. The predicted molar refractivity (Wildman–Crippen MR) is 62.9 cm³/mol. The molecule has 3 N–H and O–H groups in total. The van der Waals surface area contributed by atoms with Crippen molar-refractivity contribution in [3.05, 3.63) is 24.0 Å². The molecule has 1 fully saturated rings. The molecular formula is C12H17N3O. The van der Waals surface area contributed by atoms with Crippen molar-refractivity contribution < 1.29 is 4.79 Å². The van der Waals surface area contributed by atoms with Crippen LogP contribution in [0.1, 0.15) is 30.3 Å². The Morgan fingerprint density at radius 2 is 2.38 bits per heavy atom. The lowest BCUT2D eigenvalue weighted by atomic mass is 9.76. The van der Waals surface area contributed by atoms with Crippen LogP contribution in [-0.4, -0.2) is 17.4 Å². The maximum atomic E-state index is 11.7. The minimum absolute atomic E-state index is 0.169. The molecule has 1 aromatic heterocycles. The standard InChI is InChI=1S/C12H17N3O/c1-8-5-9(6-8)7-15-12(16)11-10(13)3-2-4-14-11/h2-4,8-9H,5-7,13H2,1H3,(H,15,16). The molecule has 1 aliphatic carbocycles. The summed E-state index contributed by atoms with van der Waals surface area (Å²) in [4.78, 5) is 15.7. The predicted octanol–water partition coefficient (Wildman–Crippen LogP) is 1.44. The van der Waals surface area contributed by atoms with Crippen molar-refractivity contribution >= 4 is 11.6 Å². The van der Waals surface area contributed by atoms with Gasteiger partial charge in [0.1, 0.15) is 0 Å². The van der Waals surface area contributed by atoms with Crippen molar-refractivity contribution in [3.8, 4) is 0 Å². The minimum atomic E-state index is -0.169. The first-order chi connectivity index (χ1) is 7.66. The van der Waals surface area contributed by atoms with Crippen LogP contribution < -0.4 is 11.1 Å². The lowest BCUT2D eigenvalue weighted by molar-refractivity contribution is 0.0924. The Labute approximate surface area is 95.3 Å². The van der Waals surface area contributed by atoms with E-state index < -0.39 is 0 Å². The maximum absolute atomic E-state index is 11.7. The van der Waals surface area contributed by atoms with Gasteiger partial charge in [0.15, 0.2) is 5.69 Å². The van der Waals surface area contributed by atoms with E-state index in [1.807, 2.05) is 0 Å². The minimum Gasteiger partial charge on any atom is -0.397 e. The molecule has 0 bridgehead atoms. The van der Waals surface area contributed by atoms with Crippen molar-refractivity contribution in [1.82, 2.24) is 10.3 Å². The molecule has 0 aromatic carbocycles. The average Bonchev–Trinajstić information content (AvgIpc) is 2.23. The molecule has 1 aliphatic rings. The lowest BCUT2D eigenvalue weighted by Gasteiger charge is -2.32. The molecule has 1 amide bonds. The summed E-state index contributed by atoms with van der Waals surface area (Å²) in [6.07, 6.45) is 3.99. The molecule has 2 rings (SSSR count). The number of nitrogens with zero attached hydrogens (tertiary/aromatic N) is 1. The van der Waals surface area contributed by atoms with E-state index in [2.05, 4.69) is 17.2 Å². The number of anilines is 1. The van der Waals surface area contributed by atoms with Gasteiger partial charge in [-0.1, -0.05) is 6.92 Å². The zero-order valence-electron chi connectivity index (χ0n) is 9.44. The summed E-state index contributed by atoms with van der Waals surface area (Å²) in [5, 5.41) is 2.88. The molecule has 1 aromatic rings. The molecule has 0 unspecified atom stereocenters. The molecule has 0 aliphatic heterocycles. The van der Waals surface area contributed by atoms with Gasteiger partial charge in [-0.05, 0) is 36.8 Å². The zero-order chi connectivity index (χ0) is 11.5. The van der Waals surface area contributed by atoms with Crippen molar-refractivity contribution in [1.29, 1.82) is 0 Å². The van der Waals surface area contributed by atoms with Crippen LogP contribution in [0.4, 0.5) is 5.69 Å². The first-order valence-electron chi connectivity index (χ1n) is 5.65. The number of carbonyl (C=O) groups is 1. The molecule has 0 spiro atoms. The highest BCUT2D eigenvalue weighted by Gasteiger charge is 2.25. The van der Waals surface area contributed by atoms with Gasteiger partial charge in [-0.3, -0.25) is 4.79 Å². The summed E-state index contributed by atoms with van der Waals surface area (Å²) >= 11 is 0. The highest BCUT2D eigenvalue weighted by molar-refractivity contribution is 5.96. The van der Waals surface area contributed by atoms with E-state index in [4.69, 9.17) is 5.73 Å². The van der Waals surface area contributed by atoms with Crippen molar-refractivity contribution in [3.63, 3.8) is 0 Å². The van der Waals surface area contributed by atoms with Gasteiger partial charge in [0.05, 0.1) is 5.69 Å². The number of pyridine rings is 1. The van der Waals surface area contributed by atoms with Gasteiger partial charge in [-0.25, -0.2) is 4.98 Å². The third-order valence-electron chi connectivity index (χ3n) is 3.08. The Morgan fingerprint density at radius 3 is 3.00 bits per heavy atom. The van der Waals surface area contributed by atoms with Gasteiger partial charge >= 0.3 is 0 Å². The van der Waals surface area contributed by atoms with E-state index in [0.29, 0.717) is 17.3 Å². The molecule has 16 heavy (non-hydrogen) atoms. The fourth-order valence-electron chi connectivity index (χ4n) is 2.16. The Hall–Kier alpha value is -1.58. The second kappa shape index (κ2) is 4.51. The monoisotopic (exact) mass is 219 g/mol. The molecular weight excluding hydrogens is 202 g/mol. The second-order valence-electron chi connectivity index (χ2n) is 4.59. The summed E-state index contributed by atoms with van der Waals surface area (Å²) in [7, 11) is 0. The summed E-state index contributed by atoms with van der Waals surface area (Å²) < 4.78 is 0. The zero-order valence-corrected chi connectivity index (χ0v) is 9.44. The summed E-state index contributed by atoms with van der Waals surface area (Å²) in [6, 6.07) is 3.41. The number of carbonyl (C=O) groups excluding carboxylic acids is 1. The molecule has 1 heterocycles. The average molecular weight is 219 g/mol. The van der Waals surface area contributed by atoms with Gasteiger partial charge in [-0.15, -0.1) is 0 Å². The van der Waals surface area contributed by atoms with Crippen LogP contribution in [0.3, 0.4) is 0 Å². The lowest BCUT2D eigenvalue weighted by Crippen LogP contribution is -2.35. The molecule has 0 radical (unpaired) electrons. The van der Waals surface area contributed by atoms with Crippen LogP contribution in [0.25, 0.3) is 0 Å². The van der Waals surface area contributed by atoms with Gasteiger partial charge in [-0.2, -0.15) is 0 Å². The highest BCUT2D eigenvalue weighted by Crippen LogP contribution is 2.32. The van der Waals surface area contributed by atoms with Crippen molar-refractivity contribution in [2.24, 2.45) is 11.8 Å². The molecule has 1 saturated carbocycles. The largest absolute Gasteiger partial charge is 0.397 e. The number of hydrogen-bond donors (Lipinski definition) is 2. The number of amides is 1. The highest BCUT2D eigenvalue weighted by atomic mass is 16.1. The Bertz CT molecular complexity index is 386. The van der Waals surface area contributed by atoms with Crippen LogP contribution in [-0.2, 0) is 0 Å². The van der Waals surface area contributed by atoms with Gasteiger partial charge < -0.3 is 11.1 Å². The fourth-order valence-corrected chi connectivity index (χ4v) is 2.16. The van der Waals surface area contributed by atoms with Gasteiger partial charge in [0, 0.05) is 12.7 Å². The van der Waals surface area contributed by atoms with E-state index in [-0.39, 0.29) is 5.91 Å². The topological polar surface area (TPSA) is 68.0 Å². The van der Waals surface area contributed by atoms with Crippen LogP contribution in [0.2, 0.25) is 0 Å². The van der Waals surface area contributed by atoms with Crippen LogP contribution in [0.15, 0.2) is 18.3 Å². The van der Waals surface area contributed by atoms with E-state index >= 15 is 0 Å². The maximum Gasteiger partial charge on any atom is 0.272 e. The summed E-state index contributed by atoms with van der Waals surface area (Å²) in [5.74, 6) is 1.27. The second-order valence-corrected chi connectivity index (χ2v) is 4.59. The number of nitrogens with one attached hydrogen (secondary N) is 1. The first kappa shape index (κ1) is 10.9. The Balaban J connectivity index is 1.86. The quantitative estimate of drug-likeness (QED) is 0.808. The normalized spacial score (nSPS) is 23.6. The van der Waals surface area contributed by atoms with E-state index in [0.717, 1.165) is 12.5 Å². The molecule has 4 nitrogen and oxygen atoms in total. The van der Waals surface area contributed by atoms with E-state index in [1.165, 1.54) is 12.8 Å².